The third kappa shape index (κ3) is 5.98. The number of nitrogens with one attached hydrogen (secondary N) is 3. The minimum absolute atomic E-state index is 0.139. The van der Waals surface area contributed by atoms with Gasteiger partial charge in [-0.05, 0) is 17.7 Å². The van der Waals surface area contributed by atoms with Gasteiger partial charge in [-0.1, -0.05) is 42.1 Å². The average molecular weight is 412 g/mol. The monoisotopic (exact) mass is 412 g/mol. The molecule has 1 heterocycles. The number of aromatic amines is 1. The van der Waals surface area contributed by atoms with E-state index < -0.39 is 0 Å². The van der Waals surface area contributed by atoms with Crippen LogP contribution in [0.25, 0.3) is 0 Å². The van der Waals surface area contributed by atoms with Gasteiger partial charge in [-0.15, -0.1) is 5.10 Å². The average Bonchev–Trinajstić information content (AvgIpc) is 3.21. The molecule has 9 nitrogen and oxygen atoms in total. The Labute approximate surface area is 171 Å². The summed E-state index contributed by atoms with van der Waals surface area (Å²) < 4.78 is 10.4. The van der Waals surface area contributed by atoms with Crippen LogP contribution >= 0.6 is 11.8 Å². The second-order valence-corrected chi connectivity index (χ2v) is 6.59. The van der Waals surface area contributed by atoms with E-state index in [-0.39, 0.29) is 11.7 Å². The minimum atomic E-state index is -0.208. The molecule has 29 heavy (non-hydrogen) atoms. The molecule has 150 valence electrons. The lowest BCUT2D eigenvalue weighted by molar-refractivity contribution is -0.113. The fraction of sp³-hybridized carbons (Fsp3) is 0.158. The van der Waals surface area contributed by atoms with Gasteiger partial charge in [0.1, 0.15) is 11.5 Å². The number of benzene rings is 2. The van der Waals surface area contributed by atoms with Crippen molar-refractivity contribution in [3.8, 4) is 11.5 Å². The molecule has 3 aromatic rings. The Morgan fingerprint density at radius 2 is 2.03 bits per heavy atom. The number of rotatable bonds is 9. The summed E-state index contributed by atoms with van der Waals surface area (Å²) in [5.74, 6) is 1.48. The Hall–Kier alpha value is -3.53. The van der Waals surface area contributed by atoms with E-state index in [9.17, 15) is 4.79 Å². The van der Waals surface area contributed by atoms with Crippen molar-refractivity contribution < 1.29 is 14.3 Å². The van der Waals surface area contributed by atoms with Crippen LogP contribution in [0.3, 0.4) is 0 Å². The van der Waals surface area contributed by atoms with Crippen LogP contribution in [0.4, 0.5) is 11.6 Å². The van der Waals surface area contributed by atoms with Crippen LogP contribution in [-0.2, 0) is 4.79 Å². The van der Waals surface area contributed by atoms with Crippen molar-refractivity contribution in [3.05, 3.63) is 54.1 Å². The van der Waals surface area contributed by atoms with Gasteiger partial charge in [0.05, 0.1) is 31.9 Å². The quantitative estimate of drug-likeness (QED) is 0.281. The van der Waals surface area contributed by atoms with Crippen LogP contribution in [0.2, 0.25) is 0 Å². The summed E-state index contributed by atoms with van der Waals surface area (Å²) in [5.41, 5.74) is 4.28. The van der Waals surface area contributed by atoms with Crippen molar-refractivity contribution in [2.75, 3.05) is 30.7 Å². The zero-order valence-corrected chi connectivity index (χ0v) is 16.7. The lowest BCUT2D eigenvalue weighted by Gasteiger charge is -2.11. The number of thioether (sulfide) groups is 1. The fourth-order valence-electron chi connectivity index (χ4n) is 2.29. The first-order chi connectivity index (χ1) is 14.2. The van der Waals surface area contributed by atoms with Gasteiger partial charge in [-0.3, -0.25) is 4.79 Å². The maximum Gasteiger partial charge on any atom is 0.240 e. The molecule has 0 bridgehead atoms. The third-order valence-corrected chi connectivity index (χ3v) is 4.51. The van der Waals surface area contributed by atoms with Gasteiger partial charge in [0.25, 0.3) is 0 Å². The standard InChI is InChI=1S/C19H20N6O3S/c1-27-14-8-9-15(16(10-14)28-2)21-17(26)12-29-19-22-18(24-25-19)23-20-11-13-6-4-3-5-7-13/h3-11H,12H2,1-2H3,(H,21,26)(H2,22,23,24,25)/b20-11-. The van der Waals surface area contributed by atoms with Crippen molar-refractivity contribution in [1.82, 2.24) is 15.2 Å². The van der Waals surface area contributed by atoms with Crippen molar-refractivity contribution in [1.29, 1.82) is 0 Å². The van der Waals surface area contributed by atoms with E-state index in [1.807, 2.05) is 30.3 Å². The van der Waals surface area contributed by atoms with Crippen molar-refractivity contribution >= 4 is 35.5 Å². The highest BCUT2D eigenvalue weighted by atomic mass is 32.2. The molecular formula is C19H20N6O3S. The molecule has 0 fully saturated rings. The summed E-state index contributed by atoms with van der Waals surface area (Å²) in [6.07, 6.45) is 1.67. The van der Waals surface area contributed by atoms with E-state index in [2.05, 4.69) is 31.0 Å². The number of anilines is 2. The van der Waals surface area contributed by atoms with Crippen LogP contribution in [0, 0.1) is 0 Å². The molecule has 3 N–H and O–H groups in total. The van der Waals surface area contributed by atoms with Gasteiger partial charge in [-0.2, -0.15) is 10.1 Å². The summed E-state index contributed by atoms with van der Waals surface area (Å²) in [6, 6.07) is 14.8. The Morgan fingerprint density at radius 3 is 2.79 bits per heavy atom. The molecule has 3 rings (SSSR count). The predicted molar refractivity (Wildman–Crippen MR) is 113 cm³/mol. The first kappa shape index (κ1) is 20.2. The summed E-state index contributed by atoms with van der Waals surface area (Å²) in [7, 11) is 3.10. The fourth-order valence-corrected chi connectivity index (χ4v) is 2.88. The number of ether oxygens (including phenoxy) is 2. The molecule has 10 heteroatoms. The van der Waals surface area contributed by atoms with Gasteiger partial charge >= 0.3 is 0 Å². The summed E-state index contributed by atoms with van der Waals surface area (Å²) in [5, 5.41) is 14.1. The van der Waals surface area contributed by atoms with E-state index in [1.165, 1.54) is 18.9 Å². The third-order valence-electron chi connectivity index (χ3n) is 3.66. The Balaban J connectivity index is 1.49. The lowest BCUT2D eigenvalue weighted by Crippen LogP contribution is -2.14. The van der Waals surface area contributed by atoms with E-state index in [4.69, 9.17) is 9.47 Å². The number of methoxy groups -OCH3 is 2. The normalized spacial score (nSPS) is 10.7. The molecule has 0 atom stereocenters. The van der Waals surface area contributed by atoms with E-state index in [0.717, 1.165) is 5.56 Å². The zero-order valence-electron chi connectivity index (χ0n) is 15.9. The van der Waals surface area contributed by atoms with Crippen LogP contribution < -0.4 is 20.2 Å². The van der Waals surface area contributed by atoms with Crippen molar-refractivity contribution in [2.45, 2.75) is 5.16 Å². The highest BCUT2D eigenvalue weighted by Gasteiger charge is 2.11. The van der Waals surface area contributed by atoms with Crippen LogP contribution in [0.5, 0.6) is 11.5 Å². The van der Waals surface area contributed by atoms with Gasteiger partial charge in [-0.25, -0.2) is 10.5 Å². The van der Waals surface area contributed by atoms with Gasteiger partial charge in [0.15, 0.2) is 0 Å². The number of aromatic nitrogens is 3. The number of carbonyl (C=O) groups is 1. The number of hydrogen-bond donors (Lipinski definition) is 3. The Bertz CT molecular complexity index is 977. The number of hydrazone groups is 1. The Morgan fingerprint density at radius 1 is 1.21 bits per heavy atom. The molecular weight excluding hydrogens is 392 g/mol. The number of amides is 1. The first-order valence-corrected chi connectivity index (χ1v) is 9.57. The second-order valence-electron chi connectivity index (χ2n) is 5.65. The van der Waals surface area contributed by atoms with Crippen molar-refractivity contribution in [2.24, 2.45) is 5.10 Å². The van der Waals surface area contributed by atoms with E-state index in [1.54, 1.807) is 31.5 Å². The minimum Gasteiger partial charge on any atom is -0.497 e. The van der Waals surface area contributed by atoms with E-state index >= 15 is 0 Å². The molecule has 0 aliphatic heterocycles. The molecule has 1 aromatic heterocycles. The van der Waals surface area contributed by atoms with Gasteiger partial charge < -0.3 is 14.8 Å². The van der Waals surface area contributed by atoms with Crippen molar-refractivity contribution in [3.63, 3.8) is 0 Å². The topological polar surface area (TPSA) is 114 Å². The highest BCUT2D eigenvalue weighted by molar-refractivity contribution is 7.99. The van der Waals surface area contributed by atoms with Crippen LogP contribution in [0.15, 0.2) is 58.8 Å². The lowest BCUT2D eigenvalue weighted by atomic mass is 10.2. The van der Waals surface area contributed by atoms with Crippen LogP contribution in [-0.4, -0.2) is 47.3 Å². The molecule has 2 aromatic carbocycles. The number of H-pyrrole nitrogens is 1. The molecule has 0 spiro atoms. The summed E-state index contributed by atoms with van der Waals surface area (Å²) in [4.78, 5) is 16.4. The summed E-state index contributed by atoms with van der Waals surface area (Å²) in [6.45, 7) is 0. The molecule has 0 saturated heterocycles. The predicted octanol–water partition coefficient (Wildman–Crippen LogP) is 3.00. The molecule has 0 aliphatic carbocycles. The molecule has 1 amide bonds. The number of carbonyl (C=O) groups excluding carboxylic acids is 1. The molecule has 0 radical (unpaired) electrons. The molecule has 0 unspecified atom stereocenters. The van der Waals surface area contributed by atoms with Gasteiger partial charge in [0.2, 0.25) is 17.0 Å². The summed E-state index contributed by atoms with van der Waals surface area (Å²) >= 11 is 1.20. The van der Waals surface area contributed by atoms with E-state index in [0.29, 0.717) is 28.3 Å². The number of nitrogens with zero attached hydrogens (tertiary/aromatic N) is 3. The highest BCUT2D eigenvalue weighted by Crippen LogP contribution is 2.29. The molecule has 0 saturated carbocycles. The maximum atomic E-state index is 12.2. The largest absolute Gasteiger partial charge is 0.497 e. The molecule has 0 aliphatic rings. The van der Waals surface area contributed by atoms with Crippen LogP contribution in [0.1, 0.15) is 5.56 Å². The zero-order chi connectivity index (χ0) is 20.5. The Kier molecular flexibility index (Phi) is 7.06. The SMILES string of the molecule is COc1ccc(NC(=O)CSc2n[nH]c(N/N=C\c3ccccc3)n2)c(OC)c1. The first-order valence-electron chi connectivity index (χ1n) is 8.59. The maximum absolute atomic E-state index is 12.2. The smallest absolute Gasteiger partial charge is 0.240 e. The number of hydrogen-bond acceptors (Lipinski definition) is 8. The van der Waals surface area contributed by atoms with Gasteiger partial charge in [0, 0.05) is 6.07 Å². The second kappa shape index (κ2) is 10.1.